The van der Waals surface area contributed by atoms with Crippen LogP contribution >= 0.6 is 0 Å². The van der Waals surface area contributed by atoms with E-state index >= 15 is 0 Å². The van der Waals surface area contributed by atoms with Crippen LogP contribution in [0.1, 0.15) is 17.2 Å². The van der Waals surface area contributed by atoms with Crippen LogP contribution in [0.25, 0.3) is 0 Å². The molecule has 1 N–H and O–H groups in total. The Kier molecular flexibility index (Phi) is 3.43. The van der Waals surface area contributed by atoms with Crippen molar-refractivity contribution >= 4 is 0 Å². The van der Waals surface area contributed by atoms with Gasteiger partial charge in [-0.15, -0.1) is 0 Å². The van der Waals surface area contributed by atoms with Crippen molar-refractivity contribution < 1.29 is 19.3 Å². The smallest absolute Gasteiger partial charge is 0.161 e. The monoisotopic (exact) mass is 273 g/mol. The molecule has 0 aliphatic carbocycles. The molecule has 1 aliphatic heterocycles. The zero-order valence-electron chi connectivity index (χ0n) is 11.1. The number of aromatic nitrogens is 1. The third kappa shape index (κ3) is 2.28. The first-order valence-electron chi connectivity index (χ1n) is 6.35. The normalized spacial score (nSPS) is 14.7. The van der Waals surface area contributed by atoms with Crippen molar-refractivity contribution in [2.75, 3.05) is 20.3 Å². The number of ether oxygens (including phenoxy) is 3. The molecule has 3 rings (SSSR count). The molecule has 5 heteroatoms. The average molecular weight is 273 g/mol. The van der Waals surface area contributed by atoms with Crippen molar-refractivity contribution in [3.8, 4) is 17.2 Å². The number of benzene rings is 1. The predicted octanol–water partition coefficient (Wildman–Crippen LogP) is 1.94. The molecule has 5 nitrogen and oxygen atoms in total. The minimum Gasteiger partial charge on any atom is -0.495 e. The van der Waals surface area contributed by atoms with Crippen molar-refractivity contribution in [3.63, 3.8) is 0 Å². The molecule has 0 saturated carbocycles. The SMILES string of the molecule is COc1cnccc1C(O)c1ccc2c(c1)OCCO2. The molecular formula is C15H15NO4. The minimum atomic E-state index is -0.802. The third-order valence-corrected chi connectivity index (χ3v) is 3.21. The van der Waals surface area contributed by atoms with E-state index in [1.807, 2.05) is 6.07 Å². The Hall–Kier alpha value is -2.27. The second kappa shape index (κ2) is 5.38. The molecule has 0 bridgehead atoms. The second-order valence-electron chi connectivity index (χ2n) is 4.42. The van der Waals surface area contributed by atoms with E-state index in [9.17, 15) is 5.11 Å². The van der Waals surface area contributed by atoms with Crippen molar-refractivity contribution in [1.29, 1.82) is 0 Å². The summed E-state index contributed by atoms with van der Waals surface area (Å²) in [5.41, 5.74) is 1.39. The Morgan fingerprint density at radius 2 is 2.00 bits per heavy atom. The fourth-order valence-corrected chi connectivity index (χ4v) is 2.20. The van der Waals surface area contributed by atoms with Gasteiger partial charge < -0.3 is 19.3 Å². The largest absolute Gasteiger partial charge is 0.495 e. The van der Waals surface area contributed by atoms with Gasteiger partial charge in [-0.05, 0) is 23.8 Å². The Bertz CT molecular complexity index is 615. The number of hydrogen-bond donors (Lipinski definition) is 1. The number of rotatable bonds is 3. The minimum absolute atomic E-state index is 0.519. The molecule has 1 aromatic carbocycles. The summed E-state index contributed by atoms with van der Waals surface area (Å²) in [5.74, 6) is 1.91. The first-order valence-corrected chi connectivity index (χ1v) is 6.35. The van der Waals surface area contributed by atoms with Gasteiger partial charge in [0.15, 0.2) is 11.5 Å². The molecule has 1 atom stereocenters. The van der Waals surface area contributed by atoms with Crippen LogP contribution in [0.15, 0.2) is 36.7 Å². The van der Waals surface area contributed by atoms with E-state index in [1.165, 1.54) is 0 Å². The van der Waals surface area contributed by atoms with Gasteiger partial charge in [0.05, 0.1) is 13.3 Å². The summed E-state index contributed by atoms with van der Waals surface area (Å²) in [6, 6.07) is 7.15. The van der Waals surface area contributed by atoms with E-state index in [1.54, 1.807) is 37.7 Å². The summed E-state index contributed by atoms with van der Waals surface area (Å²) in [5, 5.41) is 10.5. The summed E-state index contributed by atoms with van der Waals surface area (Å²) in [6.07, 6.45) is 2.40. The molecule has 104 valence electrons. The highest BCUT2D eigenvalue weighted by atomic mass is 16.6. The van der Waals surface area contributed by atoms with Crippen LogP contribution in [-0.2, 0) is 0 Å². The van der Waals surface area contributed by atoms with Crippen LogP contribution in [-0.4, -0.2) is 30.4 Å². The summed E-state index contributed by atoms with van der Waals surface area (Å²) in [7, 11) is 1.55. The Morgan fingerprint density at radius 3 is 2.80 bits per heavy atom. The van der Waals surface area contributed by atoms with Crippen LogP contribution in [0, 0.1) is 0 Å². The van der Waals surface area contributed by atoms with Crippen molar-refractivity contribution in [3.05, 3.63) is 47.8 Å². The standard InChI is InChI=1S/C15H15NO4/c1-18-14-9-16-5-4-11(14)15(17)10-2-3-12-13(8-10)20-7-6-19-12/h2-5,8-9,15,17H,6-7H2,1H3. The number of aliphatic hydroxyl groups excluding tert-OH is 1. The van der Waals surface area contributed by atoms with Crippen LogP contribution in [0.3, 0.4) is 0 Å². The Labute approximate surface area is 116 Å². The molecule has 0 fully saturated rings. The maximum Gasteiger partial charge on any atom is 0.161 e. The number of hydrogen-bond acceptors (Lipinski definition) is 5. The Balaban J connectivity index is 1.96. The van der Waals surface area contributed by atoms with E-state index in [0.29, 0.717) is 36.0 Å². The first-order chi connectivity index (χ1) is 9.79. The molecule has 2 heterocycles. The molecule has 1 aromatic heterocycles. The van der Waals surface area contributed by atoms with Gasteiger partial charge in [-0.1, -0.05) is 6.07 Å². The van der Waals surface area contributed by atoms with Gasteiger partial charge in [-0.2, -0.15) is 0 Å². The van der Waals surface area contributed by atoms with Crippen LogP contribution < -0.4 is 14.2 Å². The average Bonchev–Trinajstić information content (AvgIpc) is 2.53. The lowest BCUT2D eigenvalue weighted by Gasteiger charge is -2.20. The number of fused-ring (bicyclic) bond motifs is 1. The summed E-state index contributed by atoms with van der Waals surface area (Å²) >= 11 is 0. The van der Waals surface area contributed by atoms with E-state index < -0.39 is 6.10 Å². The van der Waals surface area contributed by atoms with Gasteiger partial charge in [-0.25, -0.2) is 0 Å². The third-order valence-electron chi connectivity index (χ3n) is 3.21. The fraction of sp³-hybridized carbons (Fsp3) is 0.267. The van der Waals surface area contributed by atoms with E-state index in [-0.39, 0.29) is 0 Å². The van der Waals surface area contributed by atoms with Gasteiger partial charge in [0.1, 0.15) is 25.1 Å². The number of methoxy groups -OCH3 is 1. The predicted molar refractivity (Wildman–Crippen MR) is 72.3 cm³/mol. The zero-order valence-corrected chi connectivity index (χ0v) is 11.1. The highest BCUT2D eigenvalue weighted by Crippen LogP contribution is 2.36. The fourth-order valence-electron chi connectivity index (χ4n) is 2.20. The lowest BCUT2D eigenvalue weighted by atomic mass is 10.0. The quantitative estimate of drug-likeness (QED) is 0.926. The highest BCUT2D eigenvalue weighted by Gasteiger charge is 2.19. The first kappa shape index (κ1) is 12.7. The summed E-state index contributed by atoms with van der Waals surface area (Å²) in [6.45, 7) is 1.07. The molecule has 1 aliphatic rings. The van der Waals surface area contributed by atoms with E-state index in [2.05, 4.69) is 4.98 Å². The topological polar surface area (TPSA) is 60.8 Å². The van der Waals surface area contributed by atoms with Crippen molar-refractivity contribution in [2.24, 2.45) is 0 Å². The van der Waals surface area contributed by atoms with Crippen LogP contribution in [0.5, 0.6) is 17.2 Å². The summed E-state index contributed by atoms with van der Waals surface area (Å²) < 4.78 is 16.2. The van der Waals surface area contributed by atoms with Crippen LogP contribution in [0.4, 0.5) is 0 Å². The van der Waals surface area contributed by atoms with Gasteiger partial charge >= 0.3 is 0 Å². The van der Waals surface area contributed by atoms with Crippen molar-refractivity contribution in [1.82, 2.24) is 4.98 Å². The molecular weight excluding hydrogens is 258 g/mol. The molecule has 0 saturated heterocycles. The van der Waals surface area contributed by atoms with Gasteiger partial charge in [0.25, 0.3) is 0 Å². The van der Waals surface area contributed by atoms with Gasteiger partial charge in [0.2, 0.25) is 0 Å². The molecule has 0 spiro atoms. The number of aliphatic hydroxyl groups is 1. The van der Waals surface area contributed by atoms with Gasteiger partial charge in [0, 0.05) is 11.8 Å². The van der Waals surface area contributed by atoms with Gasteiger partial charge in [-0.3, -0.25) is 4.98 Å². The van der Waals surface area contributed by atoms with E-state index in [0.717, 1.165) is 5.56 Å². The molecule has 0 amide bonds. The molecule has 0 radical (unpaired) electrons. The van der Waals surface area contributed by atoms with E-state index in [4.69, 9.17) is 14.2 Å². The van der Waals surface area contributed by atoms with Crippen molar-refractivity contribution in [2.45, 2.75) is 6.10 Å². The molecule has 2 aromatic rings. The maximum atomic E-state index is 10.5. The lowest BCUT2D eigenvalue weighted by Crippen LogP contribution is -2.15. The lowest BCUT2D eigenvalue weighted by molar-refractivity contribution is 0.169. The highest BCUT2D eigenvalue weighted by molar-refractivity contribution is 5.47. The Morgan fingerprint density at radius 1 is 1.20 bits per heavy atom. The zero-order chi connectivity index (χ0) is 13.9. The second-order valence-corrected chi connectivity index (χ2v) is 4.42. The number of nitrogens with zero attached hydrogens (tertiary/aromatic N) is 1. The maximum absolute atomic E-state index is 10.5. The van der Waals surface area contributed by atoms with Crippen LogP contribution in [0.2, 0.25) is 0 Å². The molecule has 1 unspecified atom stereocenters. The molecule has 20 heavy (non-hydrogen) atoms. The summed E-state index contributed by atoms with van der Waals surface area (Å²) in [4.78, 5) is 3.98. The number of pyridine rings is 1.